The van der Waals surface area contributed by atoms with Crippen molar-refractivity contribution < 1.29 is 22.7 Å². The van der Waals surface area contributed by atoms with Gasteiger partial charge >= 0.3 is 0 Å². The van der Waals surface area contributed by atoms with Gasteiger partial charge in [-0.2, -0.15) is 0 Å². The summed E-state index contributed by atoms with van der Waals surface area (Å²) in [5, 5.41) is 6.02. The monoisotopic (exact) mass is 593 g/mol. The van der Waals surface area contributed by atoms with Crippen LogP contribution in [0.1, 0.15) is 22.5 Å². The summed E-state index contributed by atoms with van der Waals surface area (Å²) < 4.78 is 51.9. The number of carbonyl (C=O) groups is 1. The number of hydrogen-bond acceptors (Lipinski definition) is 5. The predicted molar refractivity (Wildman–Crippen MR) is 173 cm³/mol. The summed E-state index contributed by atoms with van der Waals surface area (Å²) in [6.45, 7) is 0.727. The third-order valence-electron chi connectivity index (χ3n) is 7.45. The van der Waals surface area contributed by atoms with Gasteiger partial charge in [0.2, 0.25) is 5.79 Å². The van der Waals surface area contributed by atoms with E-state index in [1.54, 1.807) is 57.6 Å². The molecule has 0 aliphatic carbocycles. The lowest BCUT2D eigenvalue weighted by molar-refractivity contribution is 0.0851. The number of rotatable bonds is 8. The summed E-state index contributed by atoms with van der Waals surface area (Å²) in [5.74, 6) is 4.90. The van der Waals surface area contributed by atoms with Crippen LogP contribution in [0.2, 0.25) is 0 Å². The van der Waals surface area contributed by atoms with Gasteiger partial charge in [0.25, 0.3) is 11.6 Å². The van der Waals surface area contributed by atoms with Crippen molar-refractivity contribution in [1.29, 1.82) is 0 Å². The third kappa shape index (κ3) is 6.25. The number of hydrogen-bond donors (Lipinski definition) is 2. The first kappa shape index (κ1) is 30.2. The maximum Gasteiger partial charge on any atom is 0.276 e. The van der Waals surface area contributed by atoms with Gasteiger partial charge in [-0.25, -0.2) is 13.2 Å². The van der Waals surface area contributed by atoms with Crippen LogP contribution in [0.5, 0.6) is 5.75 Å². The summed E-state index contributed by atoms with van der Waals surface area (Å²) in [7, 11) is 10.8. The molecule has 3 heterocycles. The molecule has 218 valence electrons. The molecule has 14 heteroatoms. The Morgan fingerprint density at radius 1 is 1.24 bits per heavy atom. The fourth-order valence-corrected chi connectivity index (χ4v) is 5.86. The highest BCUT2D eigenvalue weighted by molar-refractivity contribution is 7.18. The summed E-state index contributed by atoms with van der Waals surface area (Å²) in [6.07, 6.45) is 0.705. The summed E-state index contributed by atoms with van der Waals surface area (Å²) >= 11 is 0. The molecule has 42 heavy (non-hydrogen) atoms. The first-order chi connectivity index (χ1) is 19.7. The van der Waals surface area contributed by atoms with Crippen LogP contribution in [0.15, 0.2) is 42.5 Å². The zero-order valence-electron chi connectivity index (χ0n) is 24.5. The predicted octanol–water partition coefficient (Wildman–Crippen LogP) is 1.01. The van der Waals surface area contributed by atoms with Crippen LogP contribution in [0.3, 0.4) is 0 Å². The SMILES string of the molecule is BC(B)(B)Oc1cc(C(=O)NC)ccc1NCC#Cc1cc2c(N3[C@@H]4CCN(C)C[C@]43F)cccc2n1CC(F)(F)P. The quantitative estimate of drug-likeness (QED) is 0.135. The molecule has 5 rings (SSSR count). The summed E-state index contributed by atoms with van der Waals surface area (Å²) in [5.41, 5.74) is -0.258. The molecular formula is C28H34B3F3N5O2P. The van der Waals surface area contributed by atoms with Crippen LogP contribution in [-0.2, 0) is 6.54 Å². The number of carbonyl (C=O) groups excluding carboxylic acids is 1. The second-order valence-corrected chi connectivity index (χ2v) is 12.8. The molecule has 0 spiro atoms. The molecule has 7 nitrogen and oxygen atoms in total. The molecule has 2 aliphatic rings. The average Bonchev–Trinajstić information content (AvgIpc) is 3.36. The van der Waals surface area contributed by atoms with E-state index in [1.165, 1.54) is 4.57 Å². The second kappa shape index (κ2) is 11.1. The largest absolute Gasteiger partial charge is 0.511 e. The minimum Gasteiger partial charge on any atom is -0.511 e. The normalized spacial score (nSPS) is 20.4. The van der Waals surface area contributed by atoms with E-state index in [2.05, 4.69) is 22.5 Å². The van der Waals surface area contributed by atoms with Gasteiger partial charge in [-0.1, -0.05) is 21.2 Å². The number of benzene rings is 2. The average molecular weight is 593 g/mol. The van der Waals surface area contributed by atoms with E-state index in [0.29, 0.717) is 52.3 Å². The van der Waals surface area contributed by atoms with Crippen molar-refractivity contribution in [3.63, 3.8) is 0 Å². The maximum atomic E-state index is 15.8. The number of fused-ring (bicyclic) bond motifs is 2. The van der Waals surface area contributed by atoms with Gasteiger partial charge in [0.15, 0.2) is 0 Å². The molecular weight excluding hydrogens is 559 g/mol. The Morgan fingerprint density at radius 2 is 2.00 bits per heavy atom. The van der Waals surface area contributed by atoms with Crippen LogP contribution in [-0.4, -0.2) is 95.4 Å². The molecule has 1 amide bonds. The molecule has 2 aromatic carbocycles. The van der Waals surface area contributed by atoms with Crippen LogP contribution in [0.25, 0.3) is 10.9 Å². The number of alkyl halides is 3. The van der Waals surface area contributed by atoms with Crippen molar-refractivity contribution in [3.05, 3.63) is 53.7 Å². The highest BCUT2D eigenvalue weighted by Crippen LogP contribution is 2.52. The number of likely N-dealkylation sites (N-methyl/N-ethyl adjacent to an activating group) is 1. The molecule has 2 aliphatic heterocycles. The van der Waals surface area contributed by atoms with Crippen molar-refractivity contribution in [3.8, 4) is 17.6 Å². The van der Waals surface area contributed by atoms with Gasteiger partial charge in [-0.3, -0.25) is 4.79 Å². The number of halogens is 3. The number of piperidine rings is 1. The van der Waals surface area contributed by atoms with E-state index in [1.807, 2.05) is 41.6 Å². The molecule has 1 aromatic heterocycles. The Morgan fingerprint density at radius 3 is 2.67 bits per heavy atom. The lowest BCUT2D eigenvalue weighted by Gasteiger charge is -2.24. The molecule has 0 radical (unpaired) electrons. The lowest BCUT2D eigenvalue weighted by atomic mass is 9.52. The molecule has 1 unspecified atom stereocenters. The molecule has 2 fully saturated rings. The Balaban J connectivity index is 1.44. The van der Waals surface area contributed by atoms with E-state index in [4.69, 9.17) is 4.74 Å². The highest BCUT2D eigenvalue weighted by atomic mass is 31.0. The molecule has 0 saturated carbocycles. The fraction of sp³-hybridized carbons (Fsp3) is 0.393. The van der Waals surface area contributed by atoms with Crippen LogP contribution >= 0.6 is 9.24 Å². The van der Waals surface area contributed by atoms with Crippen LogP contribution in [0.4, 0.5) is 24.5 Å². The van der Waals surface area contributed by atoms with Crippen molar-refractivity contribution in [2.45, 2.75) is 35.8 Å². The standard InChI is InChI=1S/C28H34B3F3N5O2P/c1-35-25(40)17-8-9-20(23(13-17)41-28(29,30)31)36-11-4-5-18-14-19-21(38(18)16-27(33,34)42)6-3-7-22(19)39-24-10-12-37(2)15-26(24,39)32/h3,6-9,13-14,24,36H,10-12,15-16,29-31,42H2,1-2H3,(H,35,40)/t24-,26-,39?/m1/s1. The maximum absolute atomic E-state index is 15.8. The number of nitrogens with zero attached hydrogens (tertiary/aromatic N) is 3. The van der Waals surface area contributed by atoms with E-state index in [0.717, 1.165) is 6.54 Å². The van der Waals surface area contributed by atoms with Gasteiger partial charge in [0.05, 0.1) is 42.6 Å². The fourth-order valence-electron chi connectivity index (χ4n) is 5.67. The van der Waals surface area contributed by atoms with Crippen LogP contribution < -0.4 is 20.3 Å². The number of ether oxygens (including phenoxy) is 1. The first-order valence-electron chi connectivity index (χ1n) is 13.9. The van der Waals surface area contributed by atoms with E-state index in [-0.39, 0.29) is 18.5 Å². The van der Waals surface area contributed by atoms with Gasteiger partial charge in [-0.05, 0) is 55.8 Å². The number of amides is 1. The smallest absolute Gasteiger partial charge is 0.276 e. The first-order valence-corrected chi connectivity index (χ1v) is 14.5. The Hall–Kier alpha value is -3.22. The van der Waals surface area contributed by atoms with Crippen molar-refractivity contribution in [2.24, 2.45) is 0 Å². The minimum absolute atomic E-state index is 0.194. The number of likely N-dealkylation sites (tertiary alicyclic amines) is 1. The Kier molecular flexibility index (Phi) is 8.01. The third-order valence-corrected chi connectivity index (χ3v) is 7.64. The number of anilines is 2. The molecule has 0 bridgehead atoms. The Labute approximate surface area is 249 Å². The lowest BCUT2D eigenvalue weighted by Crippen LogP contribution is -2.37. The van der Waals surface area contributed by atoms with Crippen LogP contribution in [0, 0.1) is 11.8 Å². The van der Waals surface area contributed by atoms with Crippen molar-refractivity contribution >= 4 is 61.0 Å². The van der Waals surface area contributed by atoms with E-state index in [9.17, 15) is 13.6 Å². The zero-order valence-corrected chi connectivity index (χ0v) is 25.7. The van der Waals surface area contributed by atoms with Gasteiger partial charge in [0, 0.05) is 35.5 Å². The number of aromatic nitrogens is 1. The second-order valence-electron chi connectivity index (χ2n) is 12.0. The van der Waals surface area contributed by atoms with Gasteiger partial charge in [0.1, 0.15) is 29.3 Å². The topological polar surface area (TPSA) is 61.5 Å². The molecule has 3 atom stereocenters. The van der Waals surface area contributed by atoms with Gasteiger partial charge in [-0.15, -0.1) is 0 Å². The Bertz CT molecular complexity index is 1580. The van der Waals surface area contributed by atoms with E-state index >= 15 is 4.39 Å². The van der Waals surface area contributed by atoms with Crippen molar-refractivity contribution in [2.75, 3.05) is 43.9 Å². The number of nitrogens with one attached hydrogen (secondary N) is 2. The van der Waals surface area contributed by atoms with Crippen molar-refractivity contribution in [1.82, 2.24) is 14.8 Å². The minimum atomic E-state index is -3.06. The van der Waals surface area contributed by atoms with Gasteiger partial charge < -0.3 is 29.7 Å². The zero-order chi connectivity index (χ0) is 30.4. The molecule has 3 aromatic rings. The molecule has 2 N–H and O–H groups in total. The highest BCUT2D eigenvalue weighted by Gasteiger charge is 2.66. The molecule has 2 saturated heterocycles. The van der Waals surface area contributed by atoms with E-state index < -0.39 is 23.3 Å². The summed E-state index contributed by atoms with van der Waals surface area (Å²) in [4.78, 5) is 15.9. The summed E-state index contributed by atoms with van der Waals surface area (Å²) in [6, 6.07) is 12.1.